The Kier molecular flexibility index (Phi) is 5.43. The molecule has 6 nitrogen and oxygen atoms in total. The van der Waals surface area contributed by atoms with Gasteiger partial charge in [-0.25, -0.2) is 0 Å². The molecule has 0 N–H and O–H groups in total. The molecular formula is C23H30N4O2. The number of rotatable bonds is 4. The predicted molar refractivity (Wildman–Crippen MR) is 111 cm³/mol. The van der Waals surface area contributed by atoms with Gasteiger partial charge >= 0.3 is 0 Å². The fraction of sp³-hybridized carbons (Fsp3) is 0.522. The summed E-state index contributed by atoms with van der Waals surface area (Å²) in [5, 5.41) is 0. The third kappa shape index (κ3) is 4.07. The minimum absolute atomic E-state index is 0.124. The maximum Gasteiger partial charge on any atom is 0.270 e. The summed E-state index contributed by atoms with van der Waals surface area (Å²) in [4.78, 5) is 33.6. The summed E-state index contributed by atoms with van der Waals surface area (Å²) < 4.78 is 2.04. The highest BCUT2D eigenvalue weighted by atomic mass is 16.2. The van der Waals surface area contributed by atoms with Crippen molar-refractivity contribution in [1.82, 2.24) is 19.4 Å². The maximum atomic E-state index is 13.0. The third-order valence-electron chi connectivity index (χ3n) is 6.54. The number of aromatic nitrogens is 2. The van der Waals surface area contributed by atoms with Crippen molar-refractivity contribution < 1.29 is 9.59 Å². The molecule has 0 saturated carbocycles. The Labute approximate surface area is 172 Å². The fourth-order valence-corrected chi connectivity index (χ4v) is 4.73. The standard InChI is InChI=1S/C23H30N4O2/c1-18(2)27-13-3-4-20(27)22(29)25-14-9-23(10-15-25)8-5-21(28)26(17-23)16-19-6-11-24-12-7-19/h3-4,6-7,11-13,18H,5,8-10,14-17H2,1-2H3. The van der Waals surface area contributed by atoms with Crippen molar-refractivity contribution in [3.05, 3.63) is 54.1 Å². The van der Waals surface area contributed by atoms with Gasteiger partial charge in [0, 0.05) is 57.2 Å². The van der Waals surface area contributed by atoms with Gasteiger partial charge in [0.15, 0.2) is 0 Å². The molecule has 0 bridgehead atoms. The molecule has 0 aromatic carbocycles. The lowest BCUT2D eigenvalue weighted by atomic mass is 9.72. The van der Waals surface area contributed by atoms with Crippen molar-refractivity contribution in [1.29, 1.82) is 0 Å². The van der Waals surface area contributed by atoms with Crippen molar-refractivity contribution in [3.63, 3.8) is 0 Å². The lowest BCUT2D eigenvalue weighted by Crippen LogP contribution is -2.52. The number of likely N-dealkylation sites (tertiary alicyclic amines) is 2. The van der Waals surface area contributed by atoms with Crippen LogP contribution in [0.1, 0.15) is 61.6 Å². The zero-order chi connectivity index (χ0) is 20.4. The lowest BCUT2D eigenvalue weighted by molar-refractivity contribution is -0.139. The van der Waals surface area contributed by atoms with E-state index >= 15 is 0 Å². The zero-order valence-corrected chi connectivity index (χ0v) is 17.4. The van der Waals surface area contributed by atoms with Crippen LogP contribution in [0, 0.1) is 5.41 Å². The summed E-state index contributed by atoms with van der Waals surface area (Å²) in [7, 11) is 0. The smallest absolute Gasteiger partial charge is 0.270 e. The number of hydrogen-bond acceptors (Lipinski definition) is 3. The minimum Gasteiger partial charge on any atom is -0.341 e. The molecule has 2 aliphatic heterocycles. The van der Waals surface area contributed by atoms with Crippen LogP contribution < -0.4 is 0 Å². The van der Waals surface area contributed by atoms with E-state index in [-0.39, 0.29) is 23.3 Å². The number of amides is 2. The molecule has 2 amide bonds. The van der Waals surface area contributed by atoms with Crippen LogP contribution in [-0.2, 0) is 11.3 Å². The molecule has 154 valence electrons. The molecule has 2 fully saturated rings. The molecule has 1 spiro atoms. The minimum atomic E-state index is 0.124. The first kappa shape index (κ1) is 19.7. The molecule has 2 saturated heterocycles. The Morgan fingerprint density at radius 3 is 2.55 bits per heavy atom. The predicted octanol–water partition coefficient (Wildman–Crippen LogP) is 3.51. The van der Waals surface area contributed by atoms with Crippen molar-refractivity contribution >= 4 is 11.8 Å². The summed E-state index contributed by atoms with van der Waals surface area (Å²) in [6.07, 6.45) is 8.99. The van der Waals surface area contributed by atoms with E-state index in [1.54, 1.807) is 12.4 Å². The second-order valence-corrected chi connectivity index (χ2v) is 8.79. The molecule has 0 atom stereocenters. The average molecular weight is 395 g/mol. The van der Waals surface area contributed by atoms with E-state index in [0.717, 1.165) is 50.2 Å². The molecule has 0 radical (unpaired) electrons. The number of piperidine rings is 2. The Hall–Kier alpha value is -2.63. The third-order valence-corrected chi connectivity index (χ3v) is 6.54. The molecule has 4 heterocycles. The van der Waals surface area contributed by atoms with Gasteiger partial charge in [-0.1, -0.05) is 0 Å². The number of hydrogen-bond donors (Lipinski definition) is 0. The zero-order valence-electron chi connectivity index (χ0n) is 17.4. The van der Waals surface area contributed by atoms with Crippen molar-refractivity contribution in [3.8, 4) is 0 Å². The van der Waals surface area contributed by atoms with Crippen molar-refractivity contribution in [2.24, 2.45) is 5.41 Å². The quantitative estimate of drug-likeness (QED) is 0.797. The molecule has 2 aromatic rings. The van der Waals surface area contributed by atoms with Gasteiger partial charge in [0.2, 0.25) is 5.91 Å². The first-order valence-electron chi connectivity index (χ1n) is 10.6. The van der Waals surface area contributed by atoms with E-state index in [9.17, 15) is 9.59 Å². The first-order chi connectivity index (χ1) is 14.0. The first-order valence-corrected chi connectivity index (χ1v) is 10.6. The van der Waals surface area contributed by atoms with Gasteiger partial charge in [-0.3, -0.25) is 14.6 Å². The monoisotopic (exact) mass is 394 g/mol. The fourth-order valence-electron chi connectivity index (χ4n) is 4.73. The molecule has 2 aromatic heterocycles. The SMILES string of the molecule is CC(C)n1cccc1C(=O)N1CCC2(CCC(=O)N(Cc3ccncc3)C2)CC1. The summed E-state index contributed by atoms with van der Waals surface area (Å²) in [6, 6.07) is 8.08. The van der Waals surface area contributed by atoms with Gasteiger partial charge in [0.05, 0.1) is 0 Å². The second kappa shape index (κ2) is 8.01. The number of pyridine rings is 1. The molecule has 29 heavy (non-hydrogen) atoms. The highest BCUT2D eigenvalue weighted by Crippen LogP contribution is 2.41. The highest BCUT2D eigenvalue weighted by Gasteiger charge is 2.42. The lowest BCUT2D eigenvalue weighted by Gasteiger charge is -2.47. The number of nitrogens with zero attached hydrogens (tertiary/aromatic N) is 4. The topological polar surface area (TPSA) is 58.4 Å². The summed E-state index contributed by atoms with van der Waals surface area (Å²) in [5.41, 5.74) is 2.03. The van der Waals surface area contributed by atoms with Crippen LogP contribution in [0.15, 0.2) is 42.9 Å². The Balaban J connectivity index is 1.41. The van der Waals surface area contributed by atoms with Crippen LogP contribution in [0.4, 0.5) is 0 Å². The molecule has 6 heteroatoms. The average Bonchev–Trinajstić information content (AvgIpc) is 3.22. The summed E-state index contributed by atoms with van der Waals surface area (Å²) in [5.74, 6) is 0.361. The van der Waals surface area contributed by atoms with Gasteiger partial charge in [-0.05, 0) is 68.4 Å². The van der Waals surface area contributed by atoms with E-state index in [4.69, 9.17) is 0 Å². The largest absolute Gasteiger partial charge is 0.341 e. The molecule has 0 unspecified atom stereocenters. The van der Waals surface area contributed by atoms with E-state index in [0.29, 0.717) is 13.0 Å². The van der Waals surface area contributed by atoms with Crippen LogP contribution in [0.5, 0.6) is 0 Å². The van der Waals surface area contributed by atoms with Gasteiger partial charge in [0.25, 0.3) is 5.91 Å². The van der Waals surface area contributed by atoms with Crippen LogP contribution in [0.2, 0.25) is 0 Å². The number of carbonyl (C=O) groups is 2. The van der Waals surface area contributed by atoms with Gasteiger partial charge < -0.3 is 14.4 Å². The Morgan fingerprint density at radius 2 is 1.86 bits per heavy atom. The Bertz CT molecular complexity index is 866. The second-order valence-electron chi connectivity index (χ2n) is 8.79. The molecule has 0 aliphatic carbocycles. The van der Waals surface area contributed by atoms with E-state index in [1.165, 1.54) is 0 Å². The van der Waals surface area contributed by atoms with E-state index in [2.05, 4.69) is 18.8 Å². The van der Waals surface area contributed by atoms with Crippen LogP contribution >= 0.6 is 0 Å². The summed E-state index contributed by atoms with van der Waals surface area (Å²) >= 11 is 0. The van der Waals surface area contributed by atoms with Crippen molar-refractivity contribution in [2.45, 2.75) is 52.1 Å². The maximum absolute atomic E-state index is 13.0. The normalized spacial score (nSPS) is 19.2. The van der Waals surface area contributed by atoms with Gasteiger partial charge in [-0.15, -0.1) is 0 Å². The molecule has 4 rings (SSSR count). The Morgan fingerprint density at radius 1 is 1.14 bits per heavy atom. The van der Waals surface area contributed by atoms with E-state index < -0.39 is 0 Å². The van der Waals surface area contributed by atoms with Crippen LogP contribution in [0.3, 0.4) is 0 Å². The van der Waals surface area contributed by atoms with Crippen LogP contribution in [-0.4, -0.2) is 50.8 Å². The molecule has 2 aliphatic rings. The molecular weight excluding hydrogens is 364 g/mol. The number of carbonyl (C=O) groups excluding carboxylic acids is 2. The van der Waals surface area contributed by atoms with Gasteiger partial charge in [0.1, 0.15) is 5.69 Å². The van der Waals surface area contributed by atoms with E-state index in [1.807, 2.05) is 44.8 Å². The summed E-state index contributed by atoms with van der Waals surface area (Å²) in [6.45, 7) is 7.15. The van der Waals surface area contributed by atoms with Crippen LogP contribution in [0.25, 0.3) is 0 Å². The van der Waals surface area contributed by atoms with Crippen molar-refractivity contribution in [2.75, 3.05) is 19.6 Å². The van der Waals surface area contributed by atoms with Gasteiger partial charge in [-0.2, -0.15) is 0 Å². The highest BCUT2D eigenvalue weighted by molar-refractivity contribution is 5.93.